The second-order valence-electron chi connectivity index (χ2n) is 6.18. The molecule has 2 aromatic rings. The summed E-state index contributed by atoms with van der Waals surface area (Å²) in [6.45, 7) is 5.44. The van der Waals surface area contributed by atoms with Gasteiger partial charge in [0.1, 0.15) is 0 Å². The van der Waals surface area contributed by atoms with Gasteiger partial charge in [0.2, 0.25) is 0 Å². The monoisotopic (exact) mass is 286 g/mol. The first-order valence-electron chi connectivity index (χ1n) is 6.97. The molecule has 20 heavy (non-hydrogen) atoms. The van der Waals surface area contributed by atoms with Gasteiger partial charge in [0, 0.05) is 30.0 Å². The number of hydrogen-bond acceptors (Lipinski definition) is 2. The van der Waals surface area contributed by atoms with Crippen LogP contribution in [0.25, 0.3) is 0 Å². The number of aromatic nitrogens is 1. The molecule has 1 aromatic carbocycles. The number of nitrogens with one attached hydrogen (secondary N) is 1. The SMILES string of the molecule is CC1(C)Cc2ccc(Cl)cc2C1NCc1cccnc1. The molecule has 1 atom stereocenters. The molecule has 1 aromatic heterocycles. The first-order chi connectivity index (χ1) is 9.56. The molecule has 3 heteroatoms. The molecule has 1 aliphatic carbocycles. The molecular weight excluding hydrogens is 268 g/mol. The van der Waals surface area contributed by atoms with E-state index < -0.39 is 0 Å². The Morgan fingerprint density at radius 1 is 1.35 bits per heavy atom. The zero-order valence-electron chi connectivity index (χ0n) is 11.9. The Kier molecular flexibility index (Phi) is 3.53. The van der Waals surface area contributed by atoms with Crippen molar-refractivity contribution in [3.05, 3.63) is 64.4 Å². The second-order valence-corrected chi connectivity index (χ2v) is 6.62. The van der Waals surface area contributed by atoms with Crippen molar-refractivity contribution >= 4 is 11.6 Å². The minimum atomic E-state index is 0.204. The average Bonchev–Trinajstić information content (AvgIpc) is 2.67. The zero-order chi connectivity index (χ0) is 14.2. The van der Waals surface area contributed by atoms with E-state index in [1.54, 1.807) is 6.20 Å². The van der Waals surface area contributed by atoms with E-state index in [4.69, 9.17) is 11.6 Å². The average molecular weight is 287 g/mol. The van der Waals surface area contributed by atoms with Gasteiger partial charge in [-0.1, -0.05) is 37.6 Å². The first kappa shape index (κ1) is 13.6. The number of rotatable bonds is 3. The highest BCUT2D eigenvalue weighted by molar-refractivity contribution is 6.30. The van der Waals surface area contributed by atoms with E-state index in [0.717, 1.165) is 18.0 Å². The van der Waals surface area contributed by atoms with Crippen LogP contribution in [0.5, 0.6) is 0 Å². The molecule has 0 saturated carbocycles. The van der Waals surface area contributed by atoms with Gasteiger partial charge >= 0.3 is 0 Å². The molecule has 1 heterocycles. The van der Waals surface area contributed by atoms with Gasteiger partial charge in [-0.05, 0) is 46.7 Å². The molecule has 104 valence electrons. The first-order valence-corrected chi connectivity index (χ1v) is 7.35. The third-order valence-electron chi connectivity index (χ3n) is 4.08. The van der Waals surface area contributed by atoms with Gasteiger partial charge in [-0.2, -0.15) is 0 Å². The van der Waals surface area contributed by atoms with Crippen molar-refractivity contribution in [2.75, 3.05) is 0 Å². The number of hydrogen-bond donors (Lipinski definition) is 1. The molecule has 1 N–H and O–H groups in total. The normalized spacial score (nSPS) is 19.9. The lowest BCUT2D eigenvalue weighted by Crippen LogP contribution is -2.30. The van der Waals surface area contributed by atoms with Gasteiger partial charge in [0.25, 0.3) is 0 Å². The molecule has 0 amide bonds. The van der Waals surface area contributed by atoms with Gasteiger partial charge in [-0.15, -0.1) is 0 Å². The van der Waals surface area contributed by atoms with E-state index in [0.29, 0.717) is 6.04 Å². The van der Waals surface area contributed by atoms with Crippen LogP contribution in [0, 0.1) is 5.41 Å². The minimum Gasteiger partial charge on any atom is -0.305 e. The van der Waals surface area contributed by atoms with Crippen LogP contribution in [0.15, 0.2) is 42.7 Å². The van der Waals surface area contributed by atoms with Crippen molar-refractivity contribution in [3.8, 4) is 0 Å². The molecular formula is C17H19ClN2. The summed E-state index contributed by atoms with van der Waals surface area (Å²) in [4.78, 5) is 4.16. The smallest absolute Gasteiger partial charge is 0.0409 e. The van der Waals surface area contributed by atoms with Gasteiger partial charge in [0.05, 0.1) is 0 Å². The lowest BCUT2D eigenvalue weighted by Gasteiger charge is -2.28. The summed E-state index contributed by atoms with van der Waals surface area (Å²) in [5.74, 6) is 0. The van der Waals surface area contributed by atoms with Gasteiger partial charge in [-0.3, -0.25) is 4.98 Å². The van der Waals surface area contributed by atoms with Crippen LogP contribution in [0.2, 0.25) is 5.02 Å². The third kappa shape index (κ3) is 2.58. The van der Waals surface area contributed by atoms with Gasteiger partial charge < -0.3 is 5.32 Å². The molecule has 0 radical (unpaired) electrons. The lowest BCUT2D eigenvalue weighted by molar-refractivity contribution is 0.268. The highest BCUT2D eigenvalue weighted by Crippen LogP contribution is 2.45. The maximum absolute atomic E-state index is 6.16. The molecule has 1 aliphatic rings. The van der Waals surface area contributed by atoms with Crippen LogP contribution in [0.4, 0.5) is 0 Å². The Bertz CT molecular complexity index is 608. The summed E-state index contributed by atoms with van der Waals surface area (Å²) in [7, 11) is 0. The molecule has 2 nitrogen and oxygen atoms in total. The third-order valence-corrected chi connectivity index (χ3v) is 4.31. The summed E-state index contributed by atoms with van der Waals surface area (Å²) in [6.07, 6.45) is 4.80. The van der Waals surface area contributed by atoms with Crippen LogP contribution < -0.4 is 5.32 Å². The van der Waals surface area contributed by atoms with E-state index in [2.05, 4.69) is 42.3 Å². The Morgan fingerprint density at radius 2 is 2.20 bits per heavy atom. The molecule has 0 aliphatic heterocycles. The van der Waals surface area contributed by atoms with E-state index in [1.807, 2.05) is 18.3 Å². The Hall–Kier alpha value is -1.38. The van der Waals surface area contributed by atoms with E-state index >= 15 is 0 Å². The zero-order valence-corrected chi connectivity index (χ0v) is 12.6. The molecule has 0 bridgehead atoms. The van der Waals surface area contributed by atoms with Crippen molar-refractivity contribution in [3.63, 3.8) is 0 Å². The quantitative estimate of drug-likeness (QED) is 0.917. The van der Waals surface area contributed by atoms with Crippen LogP contribution >= 0.6 is 11.6 Å². The van der Waals surface area contributed by atoms with E-state index in [1.165, 1.54) is 16.7 Å². The largest absolute Gasteiger partial charge is 0.305 e. The minimum absolute atomic E-state index is 0.204. The Labute approximate surface area is 125 Å². The number of benzene rings is 1. The highest BCUT2D eigenvalue weighted by Gasteiger charge is 2.38. The molecule has 0 spiro atoms. The maximum atomic E-state index is 6.16. The standard InChI is InChI=1S/C17H19ClN2/c1-17(2)9-13-5-6-14(18)8-15(13)16(17)20-11-12-4-3-7-19-10-12/h3-8,10,16,20H,9,11H2,1-2H3. The highest BCUT2D eigenvalue weighted by atomic mass is 35.5. The number of fused-ring (bicyclic) bond motifs is 1. The molecule has 1 unspecified atom stereocenters. The predicted molar refractivity (Wildman–Crippen MR) is 82.8 cm³/mol. The summed E-state index contributed by atoms with van der Waals surface area (Å²) < 4.78 is 0. The summed E-state index contributed by atoms with van der Waals surface area (Å²) >= 11 is 6.16. The fraction of sp³-hybridized carbons (Fsp3) is 0.353. The molecule has 0 fully saturated rings. The van der Waals surface area contributed by atoms with Crippen LogP contribution in [0.3, 0.4) is 0 Å². The van der Waals surface area contributed by atoms with Crippen molar-refractivity contribution < 1.29 is 0 Å². The fourth-order valence-corrected chi connectivity index (χ4v) is 3.30. The number of nitrogens with zero attached hydrogens (tertiary/aromatic N) is 1. The fourth-order valence-electron chi connectivity index (χ4n) is 3.12. The molecule has 3 rings (SSSR count). The van der Waals surface area contributed by atoms with E-state index in [-0.39, 0.29) is 5.41 Å². The van der Waals surface area contributed by atoms with Crippen LogP contribution in [0.1, 0.15) is 36.6 Å². The van der Waals surface area contributed by atoms with Crippen molar-refractivity contribution in [2.45, 2.75) is 32.9 Å². The Morgan fingerprint density at radius 3 is 2.95 bits per heavy atom. The molecule has 0 saturated heterocycles. The summed E-state index contributed by atoms with van der Waals surface area (Å²) in [5.41, 5.74) is 4.16. The summed E-state index contributed by atoms with van der Waals surface area (Å²) in [5, 5.41) is 4.49. The van der Waals surface area contributed by atoms with Crippen molar-refractivity contribution in [1.82, 2.24) is 10.3 Å². The Balaban J connectivity index is 1.83. The topological polar surface area (TPSA) is 24.9 Å². The van der Waals surface area contributed by atoms with Gasteiger partial charge in [-0.25, -0.2) is 0 Å². The lowest BCUT2D eigenvalue weighted by atomic mass is 9.85. The van der Waals surface area contributed by atoms with E-state index in [9.17, 15) is 0 Å². The van der Waals surface area contributed by atoms with Crippen LogP contribution in [-0.2, 0) is 13.0 Å². The van der Waals surface area contributed by atoms with Crippen molar-refractivity contribution in [1.29, 1.82) is 0 Å². The summed E-state index contributed by atoms with van der Waals surface area (Å²) in [6, 6.07) is 10.6. The second kappa shape index (κ2) is 5.19. The predicted octanol–water partition coefficient (Wildman–Crippen LogP) is 4.15. The number of pyridine rings is 1. The van der Waals surface area contributed by atoms with Gasteiger partial charge in [0.15, 0.2) is 0 Å². The van der Waals surface area contributed by atoms with Crippen molar-refractivity contribution in [2.24, 2.45) is 5.41 Å². The number of halogens is 1. The van der Waals surface area contributed by atoms with Crippen LogP contribution in [-0.4, -0.2) is 4.98 Å². The maximum Gasteiger partial charge on any atom is 0.0409 e.